The summed E-state index contributed by atoms with van der Waals surface area (Å²) in [5.41, 5.74) is 5.27. The monoisotopic (exact) mass is 367 g/mol. The van der Waals surface area contributed by atoms with E-state index in [1.54, 1.807) is 0 Å². The number of carbonyl (C=O) groups excluding carboxylic acids is 1. The first-order chi connectivity index (χ1) is 13.1. The number of carbonyl (C=O) groups is 1. The van der Waals surface area contributed by atoms with Crippen molar-refractivity contribution in [2.24, 2.45) is 0 Å². The summed E-state index contributed by atoms with van der Waals surface area (Å²) < 4.78 is 5.44. The van der Waals surface area contributed by atoms with E-state index in [1.807, 2.05) is 37.3 Å². The largest absolute Gasteiger partial charge is 0.378 e. The third-order valence-corrected chi connectivity index (χ3v) is 4.89. The van der Waals surface area contributed by atoms with Gasteiger partial charge in [0.1, 0.15) is 0 Å². The molecule has 0 aromatic heterocycles. The van der Waals surface area contributed by atoms with Crippen LogP contribution in [0.15, 0.2) is 42.5 Å². The molecule has 0 atom stereocenters. The molecule has 144 valence electrons. The molecule has 5 heteroatoms. The molecule has 0 bridgehead atoms. The maximum Gasteiger partial charge on any atom is 0.243 e. The lowest BCUT2D eigenvalue weighted by molar-refractivity contribution is -0.114. The SMILES string of the molecule is Cc1cccc(C(C)C)c1NC(=O)CNc1ccccc1N1CCOCC1. The minimum Gasteiger partial charge on any atom is -0.378 e. The molecule has 0 unspecified atom stereocenters. The van der Waals surface area contributed by atoms with Crippen LogP contribution in [0.3, 0.4) is 0 Å². The van der Waals surface area contributed by atoms with E-state index in [-0.39, 0.29) is 12.5 Å². The van der Waals surface area contributed by atoms with Crippen LogP contribution in [0, 0.1) is 6.92 Å². The second-order valence-electron chi connectivity index (χ2n) is 7.21. The summed E-state index contributed by atoms with van der Waals surface area (Å²) in [5.74, 6) is 0.318. The number of anilines is 3. The Labute approximate surface area is 161 Å². The fraction of sp³-hybridized carbons (Fsp3) is 0.409. The second kappa shape index (κ2) is 8.91. The van der Waals surface area contributed by atoms with Gasteiger partial charge in [-0.3, -0.25) is 4.79 Å². The minimum atomic E-state index is -0.0389. The molecule has 2 aromatic carbocycles. The summed E-state index contributed by atoms with van der Waals surface area (Å²) in [7, 11) is 0. The van der Waals surface area contributed by atoms with Crippen molar-refractivity contribution in [1.29, 1.82) is 0 Å². The van der Waals surface area contributed by atoms with Crippen LogP contribution in [-0.2, 0) is 9.53 Å². The number of hydrogen-bond acceptors (Lipinski definition) is 4. The van der Waals surface area contributed by atoms with Crippen molar-refractivity contribution in [3.8, 4) is 0 Å². The van der Waals surface area contributed by atoms with Crippen molar-refractivity contribution in [3.05, 3.63) is 53.6 Å². The van der Waals surface area contributed by atoms with Crippen LogP contribution in [0.4, 0.5) is 17.1 Å². The zero-order valence-corrected chi connectivity index (χ0v) is 16.4. The topological polar surface area (TPSA) is 53.6 Å². The Morgan fingerprint density at radius 3 is 2.59 bits per heavy atom. The number of nitrogens with one attached hydrogen (secondary N) is 2. The molecule has 3 rings (SSSR count). The quantitative estimate of drug-likeness (QED) is 0.810. The zero-order valence-electron chi connectivity index (χ0n) is 16.4. The van der Waals surface area contributed by atoms with Gasteiger partial charge < -0.3 is 20.3 Å². The fourth-order valence-electron chi connectivity index (χ4n) is 3.40. The van der Waals surface area contributed by atoms with Gasteiger partial charge in [0.25, 0.3) is 0 Å². The highest BCUT2D eigenvalue weighted by Crippen LogP contribution is 2.28. The lowest BCUT2D eigenvalue weighted by atomic mass is 9.98. The summed E-state index contributed by atoms with van der Waals surface area (Å²) in [5, 5.41) is 6.40. The Morgan fingerprint density at radius 1 is 1.11 bits per heavy atom. The Bertz CT molecular complexity index is 783. The van der Waals surface area contributed by atoms with E-state index in [9.17, 15) is 4.79 Å². The van der Waals surface area contributed by atoms with Crippen molar-refractivity contribution in [2.75, 3.05) is 48.4 Å². The van der Waals surface area contributed by atoms with E-state index >= 15 is 0 Å². The standard InChI is InChI=1S/C22H29N3O2/c1-16(2)18-8-6-7-17(3)22(18)24-21(26)15-23-19-9-4-5-10-20(19)25-11-13-27-14-12-25/h4-10,16,23H,11-15H2,1-3H3,(H,24,26). The summed E-state index contributed by atoms with van der Waals surface area (Å²) in [4.78, 5) is 14.9. The molecule has 27 heavy (non-hydrogen) atoms. The highest BCUT2D eigenvalue weighted by Gasteiger charge is 2.16. The molecule has 0 radical (unpaired) electrons. The van der Waals surface area contributed by atoms with Crippen LogP contribution in [0.1, 0.15) is 30.9 Å². The fourth-order valence-corrected chi connectivity index (χ4v) is 3.40. The molecule has 1 aliphatic heterocycles. The first-order valence-corrected chi connectivity index (χ1v) is 9.61. The smallest absolute Gasteiger partial charge is 0.243 e. The Balaban J connectivity index is 1.67. The highest BCUT2D eigenvalue weighted by atomic mass is 16.5. The van der Waals surface area contributed by atoms with Gasteiger partial charge in [-0.2, -0.15) is 0 Å². The molecule has 0 aliphatic carbocycles. The predicted molar refractivity (Wildman–Crippen MR) is 112 cm³/mol. The molecule has 5 nitrogen and oxygen atoms in total. The Kier molecular flexibility index (Phi) is 6.35. The Morgan fingerprint density at radius 2 is 1.85 bits per heavy atom. The van der Waals surface area contributed by atoms with E-state index in [0.29, 0.717) is 5.92 Å². The van der Waals surface area contributed by atoms with Gasteiger partial charge in [0, 0.05) is 18.8 Å². The van der Waals surface area contributed by atoms with Crippen LogP contribution >= 0.6 is 0 Å². The normalized spacial score (nSPS) is 14.3. The Hall–Kier alpha value is -2.53. The van der Waals surface area contributed by atoms with Gasteiger partial charge in [0.15, 0.2) is 0 Å². The molecule has 1 heterocycles. The number of morpholine rings is 1. The molecule has 1 saturated heterocycles. The second-order valence-corrected chi connectivity index (χ2v) is 7.21. The maximum absolute atomic E-state index is 12.6. The molecule has 0 saturated carbocycles. The summed E-state index contributed by atoms with van der Waals surface area (Å²) in [6.07, 6.45) is 0. The first kappa shape index (κ1) is 19.2. The third kappa shape index (κ3) is 4.80. The lowest BCUT2D eigenvalue weighted by Gasteiger charge is -2.30. The molecule has 1 aliphatic rings. The van der Waals surface area contributed by atoms with Gasteiger partial charge >= 0.3 is 0 Å². The lowest BCUT2D eigenvalue weighted by Crippen LogP contribution is -2.36. The number of para-hydroxylation sites is 3. The third-order valence-electron chi connectivity index (χ3n) is 4.89. The van der Waals surface area contributed by atoms with Gasteiger partial charge in [-0.15, -0.1) is 0 Å². The molecule has 1 amide bonds. The van der Waals surface area contributed by atoms with Gasteiger partial charge in [-0.25, -0.2) is 0 Å². The molecule has 0 spiro atoms. The average molecular weight is 367 g/mol. The van der Waals surface area contributed by atoms with Crippen LogP contribution in [0.25, 0.3) is 0 Å². The first-order valence-electron chi connectivity index (χ1n) is 9.61. The molecular formula is C22H29N3O2. The molecule has 1 fully saturated rings. The number of hydrogen-bond donors (Lipinski definition) is 2. The van der Waals surface area contributed by atoms with Crippen LogP contribution < -0.4 is 15.5 Å². The van der Waals surface area contributed by atoms with Crippen LogP contribution in [-0.4, -0.2) is 38.8 Å². The van der Waals surface area contributed by atoms with Crippen LogP contribution in [0.2, 0.25) is 0 Å². The highest BCUT2D eigenvalue weighted by molar-refractivity contribution is 5.95. The van der Waals surface area contributed by atoms with E-state index in [0.717, 1.165) is 54.5 Å². The number of ether oxygens (including phenoxy) is 1. The van der Waals surface area contributed by atoms with E-state index < -0.39 is 0 Å². The number of aryl methyl sites for hydroxylation is 1. The summed E-state index contributed by atoms with van der Waals surface area (Å²) in [6.45, 7) is 9.75. The predicted octanol–water partition coefficient (Wildman–Crippen LogP) is 4.01. The van der Waals surface area contributed by atoms with Crippen molar-refractivity contribution in [3.63, 3.8) is 0 Å². The zero-order chi connectivity index (χ0) is 19.2. The van der Waals surface area contributed by atoms with Gasteiger partial charge in [0.05, 0.1) is 31.1 Å². The summed E-state index contributed by atoms with van der Waals surface area (Å²) in [6, 6.07) is 14.3. The number of nitrogens with zero attached hydrogens (tertiary/aromatic N) is 1. The van der Waals surface area contributed by atoms with Gasteiger partial charge in [0.2, 0.25) is 5.91 Å². The van der Waals surface area contributed by atoms with Crippen molar-refractivity contribution in [1.82, 2.24) is 0 Å². The maximum atomic E-state index is 12.6. The van der Waals surface area contributed by atoms with E-state index in [2.05, 4.69) is 41.5 Å². The minimum absolute atomic E-state index is 0.0389. The molecular weight excluding hydrogens is 338 g/mol. The average Bonchev–Trinajstić information content (AvgIpc) is 2.68. The van der Waals surface area contributed by atoms with Crippen molar-refractivity contribution >= 4 is 23.0 Å². The van der Waals surface area contributed by atoms with E-state index in [1.165, 1.54) is 0 Å². The number of benzene rings is 2. The number of rotatable bonds is 6. The van der Waals surface area contributed by atoms with Crippen LogP contribution in [0.5, 0.6) is 0 Å². The summed E-state index contributed by atoms with van der Waals surface area (Å²) >= 11 is 0. The van der Waals surface area contributed by atoms with E-state index in [4.69, 9.17) is 4.74 Å². The van der Waals surface area contributed by atoms with Crippen molar-refractivity contribution in [2.45, 2.75) is 26.7 Å². The van der Waals surface area contributed by atoms with Gasteiger partial charge in [-0.05, 0) is 36.1 Å². The van der Waals surface area contributed by atoms with Crippen molar-refractivity contribution < 1.29 is 9.53 Å². The molecule has 2 N–H and O–H groups in total. The van der Waals surface area contributed by atoms with Gasteiger partial charge in [-0.1, -0.05) is 44.2 Å². The number of amides is 1. The molecule has 2 aromatic rings.